The van der Waals surface area contributed by atoms with Gasteiger partial charge in [-0.3, -0.25) is 33.6 Å². The number of primary amides is 1. The number of halogens is 1. The number of carbonyl (C=O) groups is 7. The van der Waals surface area contributed by atoms with Gasteiger partial charge < -0.3 is 51.5 Å². The van der Waals surface area contributed by atoms with E-state index in [9.17, 15) is 43.5 Å². The lowest BCUT2D eigenvalue weighted by Gasteiger charge is -2.31. The predicted octanol–water partition coefficient (Wildman–Crippen LogP) is 0.138. The molecule has 19 nitrogen and oxygen atoms in total. The van der Waals surface area contributed by atoms with Crippen molar-refractivity contribution in [1.29, 1.82) is 0 Å². The van der Waals surface area contributed by atoms with Gasteiger partial charge in [0.05, 0.1) is 41.6 Å². The van der Waals surface area contributed by atoms with E-state index < -0.39 is 89.7 Å². The molecule has 6 rings (SSSR count). The van der Waals surface area contributed by atoms with Gasteiger partial charge in [-0.2, -0.15) is 0 Å². The number of hydrogen-bond donors (Lipinski definition) is 7. The fourth-order valence-corrected chi connectivity index (χ4v) is 8.17. The van der Waals surface area contributed by atoms with E-state index in [1.165, 1.54) is 17.6 Å². The van der Waals surface area contributed by atoms with Crippen LogP contribution >= 0.6 is 0 Å². The Morgan fingerprint density at radius 2 is 1.76 bits per heavy atom. The predicted molar refractivity (Wildman–Crippen MR) is 218 cm³/mol. The summed E-state index contributed by atoms with van der Waals surface area (Å²) < 4.78 is 27.3. The second-order valence-corrected chi connectivity index (χ2v) is 16.1. The number of nitrogens with two attached hydrogens (primary N) is 1. The lowest BCUT2D eigenvalue weighted by Crippen LogP contribution is -2.55. The zero-order valence-electron chi connectivity index (χ0n) is 35.1. The first-order chi connectivity index (χ1) is 29.4. The molecule has 1 aliphatic carbocycles. The smallest absolute Gasteiger partial charge is 0.343 e. The molecule has 2 aromatic heterocycles. The first-order valence-corrected chi connectivity index (χ1v) is 20.5. The molecule has 0 fully saturated rings. The number of pyridine rings is 2. The maximum absolute atomic E-state index is 15.3. The van der Waals surface area contributed by atoms with Gasteiger partial charge in [-0.15, -0.1) is 0 Å². The third-order valence-corrected chi connectivity index (χ3v) is 11.6. The van der Waals surface area contributed by atoms with E-state index >= 15 is 4.39 Å². The number of aromatic nitrogens is 2. The lowest BCUT2D eigenvalue weighted by atomic mass is 9.81. The van der Waals surface area contributed by atoms with Crippen LogP contribution in [-0.2, 0) is 68.2 Å². The third kappa shape index (κ3) is 9.01. The number of fused-ring (bicyclic) bond motifs is 5. The van der Waals surface area contributed by atoms with Crippen molar-refractivity contribution in [3.8, 4) is 11.4 Å². The van der Waals surface area contributed by atoms with Crippen LogP contribution in [0, 0.1) is 18.7 Å². The van der Waals surface area contributed by atoms with Crippen LogP contribution in [0.2, 0.25) is 0 Å². The molecular formula is C42H51FN8O11. The number of nitrogens with zero attached hydrogens (tertiary/aromatic N) is 2. The van der Waals surface area contributed by atoms with Crippen LogP contribution in [0.15, 0.2) is 16.9 Å². The van der Waals surface area contributed by atoms with Crippen molar-refractivity contribution < 1.29 is 52.5 Å². The minimum absolute atomic E-state index is 0.00874. The second kappa shape index (κ2) is 18.4. The minimum Gasteiger partial charge on any atom is -0.458 e. The van der Waals surface area contributed by atoms with Crippen molar-refractivity contribution in [1.82, 2.24) is 36.1 Å². The third-order valence-electron chi connectivity index (χ3n) is 11.6. The Bertz CT molecular complexity index is 2440. The number of carbonyl (C=O) groups excluding carboxylic acids is 7. The number of ether oxygens (including phenoxy) is 2. The van der Waals surface area contributed by atoms with E-state index in [1.54, 1.807) is 33.8 Å². The van der Waals surface area contributed by atoms with Crippen LogP contribution in [-0.4, -0.2) is 88.0 Å². The molecule has 1 aromatic carbocycles. The number of amides is 6. The Hall–Kier alpha value is -6.28. The number of nitrogens with one attached hydrogen (secondary N) is 5. The molecule has 62 heavy (non-hydrogen) atoms. The van der Waals surface area contributed by atoms with Gasteiger partial charge in [0, 0.05) is 35.4 Å². The minimum atomic E-state index is -2.04. The average molecular weight is 863 g/mol. The molecule has 0 radical (unpaired) electrons. The van der Waals surface area contributed by atoms with Crippen molar-refractivity contribution in [3.63, 3.8) is 0 Å². The van der Waals surface area contributed by atoms with Gasteiger partial charge in [0.15, 0.2) is 5.60 Å². The Morgan fingerprint density at radius 3 is 2.45 bits per heavy atom. The molecule has 4 heterocycles. The number of rotatable bonds is 17. The summed E-state index contributed by atoms with van der Waals surface area (Å²) in [6, 6.07) is 0.253. The van der Waals surface area contributed by atoms with Crippen LogP contribution < -0.4 is 37.9 Å². The van der Waals surface area contributed by atoms with Gasteiger partial charge in [0.1, 0.15) is 37.8 Å². The zero-order chi connectivity index (χ0) is 45.2. The number of hydrogen-bond acceptors (Lipinski definition) is 12. The van der Waals surface area contributed by atoms with E-state index in [0.717, 1.165) is 5.56 Å². The summed E-state index contributed by atoms with van der Waals surface area (Å²) in [6.45, 7) is 6.55. The summed E-state index contributed by atoms with van der Waals surface area (Å²) in [5, 5.41) is 24.9. The SMILES string of the molecule is CC[C@@]1(O)C(=O)OCc2c1cc1n(c2=O)Cc2c-1nc1cc(F)c(C)c3c1c2[C@@H](NC(=O)COCNC(=O)CNC(=O)[C@H](C)NC(=O)[C@@H](NC(=O)CCCC(N)=O)C(C)C)CC3. The number of cyclic esters (lactones) is 1. The molecule has 0 saturated heterocycles. The first kappa shape index (κ1) is 45.3. The van der Waals surface area contributed by atoms with Gasteiger partial charge >= 0.3 is 5.97 Å². The molecule has 2 aliphatic heterocycles. The summed E-state index contributed by atoms with van der Waals surface area (Å²) in [5.41, 5.74) is 6.39. The van der Waals surface area contributed by atoms with E-state index in [0.29, 0.717) is 51.8 Å². The van der Waals surface area contributed by atoms with Crippen LogP contribution in [0.3, 0.4) is 0 Å². The van der Waals surface area contributed by atoms with Crippen molar-refractivity contribution in [2.24, 2.45) is 11.7 Å². The molecule has 0 unspecified atom stereocenters. The maximum Gasteiger partial charge on any atom is 0.343 e. The largest absolute Gasteiger partial charge is 0.458 e. The molecule has 8 N–H and O–H groups in total. The van der Waals surface area contributed by atoms with E-state index in [2.05, 4.69) is 26.6 Å². The van der Waals surface area contributed by atoms with E-state index in [-0.39, 0.29) is 62.6 Å². The van der Waals surface area contributed by atoms with Crippen LogP contribution in [0.1, 0.15) is 99.2 Å². The highest BCUT2D eigenvalue weighted by atomic mass is 19.1. The van der Waals surface area contributed by atoms with Crippen molar-refractivity contribution in [2.75, 3.05) is 19.9 Å². The second-order valence-electron chi connectivity index (χ2n) is 16.1. The van der Waals surface area contributed by atoms with Crippen molar-refractivity contribution >= 4 is 52.3 Å². The fraction of sp³-hybridized carbons (Fsp3) is 0.500. The van der Waals surface area contributed by atoms with Gasteiger partial charge in [0.2, 0.25) is 35.4 Å². The molecule has 3 aromatic rings. The fourth-order valence-electron chi connectivity index (χ4n) is 8.17. The van der Waals surface area contributed by atoms with Crippen molar-refractivity contribution in [3.05, 3.63) is 61.7 Å². The molecular weight excluding hydrogens is 812 g/mol. The first-order valence-electron chi connectivity index (χ1n) is 20.5. The molecule has 3 aliphatic rings. The van der Waals surface area contributed by atoms with Crippen LogP contribution in [0.5, 0.6) is 0 Å². The molecule has 0 spiro atoms. The van der Waals surface area contributed by atoms with Crippen LogP contribution in [0.25, 0.3) is 22.3 Å². The lowest BCUT2D eigenvalue weighted by molar-refractivity contribution is -0.172. The zero-order valence-corrected chi connectivity index (χ0v) is 35.1. The highest BCUT2D eigenvalue weighted by molar-refractivity contribution is 5.95. The average Bonchev–Trinajstić information content (AvgIpc) is 3.59. The highest BCUT2D eigenvalue weighted by Gasteiger charge is 2.46. The van der Waals surface area contributed by atoms with Gasteiger partial charge in [0.25, 0.3) is 5.56 Å². The van der Waals surface area contributed by atoms with Gasteiger partial charge in [-0.25, -0.2) is 14.2 Å². The van der Waals surface area contributed by atoms with Crippen LogP contribution in [0.4, 0.5) is 4.39 Å². The topological polar surface area (TPSA) is 279 Å². The Labute approximate surface area is 355 Å². The monoisotopic (exact) mass is 862 g/mol. The number of aryl methyl sites for hydroxylation is 1. The molecule has 332 valence electrons. The standard InChI is InChI=1S/C42H51FN8O11/c1-6-42(60)25-12-29-37-23(15-51(29)40(58)24(25)16-62-41(42)59)35-27(11-10-22-20(4)26(43)13-28(49-37)34(22)35)48-33(55)17-61-18-46-32(54)14-45-38(56)21(5)47-39(57)36(19(2)3)50-31(53)9-7-8-30(44)52/h12-13,19,21,27,36,60H,6-11,14-18H2,1-5H3,(H2,44,52)(H,45,56)(H,46,54)(H,47,57)(H,48,55)(H,50,53)/t21-,27-,36-,42-/m0/s1. The Morgan fingerprint density at radius 1 is 1.02 bits per heavy atom. The summed E-state index contributed by atoms with van der Waals surface area (Å²) in [5.74, 6) is -5.10. The van der Waals surface area contributed by atoms with Crippen molar-refractivity contribution in [2.45, 2.75) is 110 Å². The molecule has 0 saturated carbocycles. The maximum atomic E-state index is 15.3. The van der Waals surface area contributed by atoms with E-state index in [1.807, 2.05) is 0 Å². The number of aliphatic hydroxyl groups is 1. The summed E-state index contributed by atoms with van der Waals surface area (Å²) in [7, 11) is 0. The normalized spacial score (nSPS) is 18.1. The van der Waals surface area contributed by atoms with E-state index in [4.69, 9.17) is 20.2 Å². The summed E-state index contributed by atoms with van der Waals surface area (Å²) in [6.07, 6.45) is 1.01. The summed E-state index contributed by atoms with van der Waals surface area (Å²) in [4.78, 5) is 106. The highest BCUT2D eigenvalue weighted by Crippen LogP contribution is 2.46. The van der Waals surface area contributed by atoms with Gasteiger partial charge in [-0.1, -0.05) is 20.8 Å². The Balaban J connectivity index is 1.05. The number of benzene rings is 1. The van der Waals surface area contributed by atoms with Gasteiger partial charge in [-0.05, 0) is 68.2 Å². The Kier molecular flexibility index (Phi) is 13.4. The molecule has 20 heteroatoms. The quantitative estimate of drug-likeness (QED) is 0.0424. The molecule has 6 amide bonds. The summed E-state index contributed by atoms with van der Waals surface area (Å²) >= 11 is 0. The molecule has 4 atom stereocenters. The molecule has 0 bridgehead atoms. The number of esters is 1.